The molecule has 0 atom stereocenters. The van der Waals surface area contributed by atoms with Crippen molar-refractivity contribution < 1.29 is 22.7 Å². The smallest absolute Gasteiger partial charge is 0.260 e. The number of nitrogens with zero attached hydrogens (tertiary/aromatic N) is 3. The van der Waals surface area contributed by atoms with Crippen molar-refractivity contribution >= 4 is 27.8 Å². The number of hydrazone groups is 1. The number of anilines is 1. The Bertz CT molecular complexity index is 1340. The van der Waals surface area contributed by atoms with Crippen LogP contribution >= 0.6 is 0 Å². The Morgan fingerprint density at radius 2 is 1.69 bits per heavy atom. The Morgan fingerprint density at radius 1 is 1.03 bits per heavy atom. The molecule has 1 aromatic heterocycles. The Kier molecular flexibility index (Phi) is 7.85. The first-order valence-corrected chi connectivity index (χ1v) is 12.7. The van der Waals surface area contributed by atoms with E-state index >= 15 is 0 Å². The van der Waals surface area contributed by atoms with Crippen LogP contribution in [0.4, 0.5) is 5.69 Å². The topological polar surface area (TPSA) is 102 Å². The second-order valence-corrected chi connectivity index (χ2v) is 10.0. The van der Waals surface area contributed by atoms with Gasteiger partial charge in [0.15, 0.2) is 11.5 Å². The summed E-state index contributed by atoms with van der Waals surface area (Å²) in [6, 6.07) is 14.8. The van der Waals surface area contributed by atoms with Gasteiger partial charge in [0.2, 0.25) is 10.0 Å². The van der Waals surface area contributed by atoms with Gasteiger partial charge in [0.05, 0.1) is 32.4 Å². The maximum Gasteiger partial charge on any atom is 0.260 e. The summed E-state index contributed by atoms with van der Waals surface area (Å²) in [5, 5.41) is 4.05. The fraction of sp³-hybridized carbons (Fsp3) is 0.280. The minimum absolute atomic E-state index is 0.269. The molecule has 9 nitrogen and oxygen atoms in total. The fourth-order valence-corrected chi connectivity index (χ4v) is 4.58. The number of amides is 1. The lowest BCUT2D eigenvalue weighted by atomic mass is 10.2. The summed E-state index contributed by atoms with van der Waals surface area (Å²) in [5.74, 6) is 0.205. The number of aromatic nitrogens is 1. The highest BCUT2D eigenvalue weighted by molar-refractivity contribution is 7.92. The van der Waals surface area contributed by atoms with Crippen LogP contribution in [0.1, 0.15) is 22.5 Å². The molecule has 0 saturated heterocycles. The molecule has 3 aromatic rings. The van der Waals surface area contributed by atoms with Gasteiger partial charge >= 0.3 is 0 Å². The van der Waals surface area contributed by atoms with E-state index < -0.39 is 22.5 Å². The van der Waals surface area contributed by atoms with E-state index in [-0.39, 0.29) is 5.69 Å². The maximum absolute atomic E-state index is 12.6. The Hall–Kier alpha value is -3.79. The van der Waals surface area contributed by atoms with Crippen LogP contribution < -0.4 is 19.2 Å². The van der Waals surface area contributed by atoms with Crippen LogP contribution in [-0.4, -0.2) is 52.1 Å². The summed E-state index contributed by atoms with van der Waals surface area (Å²) in [6.45, 7) is 5.55. The first-order valence-electron chi connectivity index (χ1n) is 10.8. The highest BCUT2D eigenvalue weighted by atomic mass is 32.2. The van der Waals surface area contributed by atoms with Crippen molar-refractivity contribution in [2.75, 3.05) is 31.3 Å². The maximum atomic E-state index is 12.6. The molecule has 0 aliphatic heterocycles. The Labute approximate surface area is 206 Å². The molecule has 0 spiro atoms. The lowest BCUT2D eigenvalue weighted by Crippen LogP contribution is -2.39. The zero-order chi connectivity index (χ0) is 25.8. The molecule has 3 rings (SSSR count). The molecule has 0 saturated carbocycles. The lowest BCUT2D eigenvalue weighted by Gasteiger charge is -2.22. The fourth-order valence-electron chi connectivity index (χ4n) is 3.73. The number of methoxy groups -OCH3 is 2. The Balaban J connectivity index is 1.76. The molecule has 2 aromatic carbocycles. The van der Waals surface area contributed by atoms with Crippen LogP contribution in [0.25, 0.3) is 5.69 Å². The second kappa shape index (κ2) is 10.6. The number of hydrogen-bond acceptors (Lipinski definition) is 6. The van der Waals surface area contributed by atoms with Gasteiger partial charge in [-0.1, -0.05) is 17.7 Å². The third-order valence-corrected chi connectivity index (χ3v) is 6.64. The molecular weight excluding hydrogens is 468 g/mol. The zero-order valence-corrected chi connectivity index (χ0v) is 21.5. The standard InChI is InChI=1S/C25H30N4O5S/c1-17-7-9-21(10-8-17)29-18(2)13-20(19(29)3)15-26-27-25(30)16-28(35(6,31)32)22-11-12-23(33-4)24(14-22)34-5/h7-15H,16H2,1-6H3,(H,27,30)/b26-15-. The molecule has 10 heteroatoms. The number of sulfonamides is 1. The van der Waals surface area contributed by atoms with E-state index in [1.54, 1.807) is 18.3 Å². The molecule has 0 bridgehead atoms. The SMILES string of the molecule is COc1ccc(N(CC(=O)N/N=C\c2cc(C)n(-c3ccc(C)cc3)c2C)S(C)(=O)=O)cc1OC. The van der Waals surface area contributed by atoms with Crippen LogP contribution in [0, 0.1) is 20.8 Å². The quantitative estimate of drug-likeness (QED) is 0.360. The van der Waals surface area contributed by atoms with Gasteiger partial charge in [-0.25, -0.2) is 13.8 Å². The van der Waals surface area contributed by atoms with Crippen molar-refractivity contribution in [3.63, 3.8) is 0 Å². The highest BCUT2D eigenvalue weighted by Gasteiger charge is 2.22. The summed E-state index contributed by atoms with van der Waals surface area (Å²) in [4.78, 5) is 12.6. The van der Waals surface area contributed by atoms with Crippen molar-refractivity contribution in [2.45, 2.75) is 20.8 Å². The average molecular weight is 499 g/mol. The van der Waals surface area contributed by atoms with Crippen LogP contribution in [0.2, 0.25) is 0 Å². The highest BCUT2D eigenvalue weighted by Crippen LogP contribution is 2.32. The van der Waals surface area contributed by atoms with E-state index in [0.717, 1.165) is 33.2 Å². The van der Waals surface area contributed by atoms with Crippen molar-refractivity contribution in [2.24, 2.45) is 5.10 Å². The summed E-state index contributed by atoms with van der Waals surface area (Å²) >= 11 is 0. The molecular formula is C25H30N4O5S. The molecule has 0 aliphatic carbocycles. The number of rotatable bonds is 9. The van der Waals surface area contributed by atoms with Crippen LogP contribution in [-0.2, 0) is 14.8 Å². The summed E-state index contributed by atoms with van der Waals surface area (Å²) in [6.07, 6.45) is 2.58. The van der Waals surface area contributed by atoms with Crippen molar-refractivity contribution in [3.8, 4) is 17.2 Å². The average Bonchev–Trinajstić information content (AvgIpc) is 3.09. The number of aryl methyl sites for hydroxylation is 2. The van der Waals surface area contributed by atoms with Gasteiger partial charge in [-0.2, -0.15) is 5.10 Å². The number of nitrogens with one attached hydrogen (secondary N) is 1. The number of carbonyl (C=O) groups is 1. The summed E-state index contributed by atoms with van der Waals surface area (Å²) < 4.78 is 38.3. The van der Waals surface area contributed by atoms with E-state index in [2.05, 4.69) is 15.1 Å². The first-order chi connectivity index (χ1) is 16.5. The third-order valence-electron chi connectivity index (χ3n) is 5.50. The molecule has 1 heterocycles. The minimum atomic E-state index is -3.76. The minimum Gasteiger partial charge on any atom is -0.493 e. The van der Waals surface area contributed by atoms with Gasteiger partial charge in [-0.05, 0) is 51.1 Å². The lowest BCUT2D eigenvalue weighted by molar-refractivity contribution is -0.119. The molecule has 186 valence electrons. The zero-order valence-electron chi connectivity index (χ0n) is 20.7. The predicted octanol–water partition coefficient (Wildman–Crippen LogP) is 3.34. The van der Waals surface area contributed by atoms with Gasteiger partial charge in [0.25, 0.3) is 5.91 Å². The molecule has 0 aliphatic rings. The van der Waals surface area contributed by atoms with Gasteiger partial charge in [-0.3, -0.25) is 9.10 Å². The van der Waals surface area contributed by atoms with E-state index in [0.29, 0.717) is 11.5 Å². The predicted molar refractivity (Wildman–Crippen MR) is 137 cm³/mol. The molecule has 0 unspecified atom stereocenters. The van der Waals surface area contributed by atoms with Gasteiger partial charge in [-0.15, -0.1) is 0 Å². The molecule has 0 fully saturated rings. The van der Waals surface area contributed by atoms with E-state index in [4.69, 9.17) is 9.47 Å². The number of carbonyl (C=O) groups excluding carboxylic acids is 1. The first kappa shape index (κ1) is 25.8. The summed E-state index contributed by atoms with van der Waals surface area (Å²) in [7, 11) is -0.827. The molecule has 35 heavy (non-hydrogen) atoms. The second-order valence-electron chi connectivity index (χ2n) is 8.10. The monoisotopic (exact) mass is 498 g/mol. The van der Waals surface area contributed by atoms with Crippen LogP contribution in [0.5, 0.6) is 11.5 Å². The van der Waals surface area contributed by atoms with E-state index in [1.165, 1.54) is 25.8 Å². The number of hydrogen-bond donors (Lipinski definition) is 1. The molecule has 0 radical (unpaired) electrons. The largest absolute Gasteiger partial charge is 0.493 e. The van der Waals surface area contributed by atoms with E-state index in [9.17, 15) is 13.2 Å². The van der Waals surface area contributed by atoms with Crippen molar-refractivity contribution in [1.82, 2.24) is 9.99 Å². The third kappa shape index (κ3) is 6.02. The molecule has 1 amide bonds. The summed E-state index contributed by atoms with van der Waals surface area (Å²) in [5.41, 5.74) is 7.72. The van der Waals surface area contributed by atoms with Crippen LogP contribution in [0.15, 0.2) is 53.6 Å². The van der Waals surface area contributed by atoms with Gasteiger partial charge < -0.3 is 14.0 Å². The number of benzene rings is 2. The van der Waals surface area contributed by atoms with Crippen molar-refractivity contribution in [3.05, 3.63) is 71.0 Å². The van der Waals surface area contributed by atoms with Gasteiger partial charge in [0.1, 0.15) is 6.54 Å². The number of ether oxygens (including phenoxy) is 2. The Morgan fingerprint density at radius 3 is 2.29 bits per heavy atom. The normalized spacial score (nSPS) is 11.5. The van der Waals surface area contributed by atoms with Crippen LogP contribution in [0.3, 0.4) is 0 Å². The molecule has 1 N–H and O–H groups in total. The van der Waals surface area contributed by atoms with Gasteiger partial charge in [0, 0.05) is 28.7 Å². The van der Waals surface area contributed by atoms with Crippen molar-refractivity contribution in [1.29, 1.82) is 0 Å². The van der Waals surface area contributed by atoms with E-state index in [1.807, 2.05) is 51.1 Å².